The van der Waals surface area contributed by atoms with Crippen molar-refractivity contribution in [2.75, 3.05) is 6.54 Å². The summed E-state index contributed by atoms with van der Waals surface area (Å²) in [5, 5.41) is 31.2. The van der Waals surface area contributed by atoms with Gasteiger partial charge >= 0.3 is 12.1 Å². The lowest BCUT2D eigenvalue weighted by Gasteiger charge is -2.21. The van der Waals surface area contributed by atoms with E-state index in [-0.39, 0.29) is 24.4 Å². The Labute approximate surface area is 134 Å². The van der Waals surface area contributed by atoms with E-state index in [0.29, 0.717) is 0 Å². The Morgan fingerprint density at radius 1 is 1.30 bits per heavy atom. The summed E-state index contributed by atoms with van der Waals surface area (Å²) in [4.78, 5) is 26.0. The number of carboxylic acids is 1. The molecule has 1 rings (SSSR count). The second kappa shape index (κ2) is 7.89. The molecule has 8 nitrogen and oxygen atoms in total. The minimum atomic E-state index is -1.35. The van der Waals surface area contributed by atoms with E-state index in [0.717, 1.165) is 0 Å². The van der Waals surface area contributed by atoms with Crippen LogP contribution in [-0.2, 0) is 4.74 Å². The lowest BCUT2D eigenvalue weighted by Crippen LogP contribution is -2.34. The third-order valence-electron chi connectivity index (χ3n) is 2.77. The van der Waals surface area contributed by atoms with Crippen LogP contribution in [0.3, 0.4) is 0 Å². The highest BCUT2D eigenvalue weighted by molar-refractivity contribution is 5.85. The van der Waals surface area contributed by atoms with Crippen molar-refractivity contribution in [3.63, 3.8) is 0 Å². The predicted octanol–water partition coefficient (Wildman–Crippen LogP) is 1.09. The van der Waals surface area contributed by atoms with Gasteiger partial charge in [0.15, 0.2) is 0 Å². The Bertz CT molecular complexity index is 555. The van der Waals surface area contributed by atoms with E-state index in [9.17, 15) is 19.8 Å². The number of carboxylic acid groups (broad SMARTS) is 1. The molecule has 0 aliphatic heterocycles. The van der Waals surface area contributed by atoms with Crippen LogP contribution in [0, 0.1) is 0 Å². The van der Waals surface area contributed by atoms with Gasteiger partial charge in [-0.05, 0) is 39.3 Å². The summed E-state index contributed by atoms with van der Waals surface area (Å²) in [5.41, 5.74) is -0.793. The van der Waals surface area contributed by atoms with Crippen LogP contribution >= 0.6 is 0 Å². The van der Waals surface area contributed by atoms with E-state index >= 15 is 0 Å². The summed E-state index contributed by atoms with van der Waals surface area (Å²) < 4.78 is 5.03. The van der Waals surface area contributed by atoms with Gasteiger partial charge in [0.2, 0.25) is 0 Å². The van der Waals surface area contributed by atoms with Crippen LogP contribution in [0.1, 0.15) is 49.5 Å². The Morgan fingerprint density at radius 2 is 1.96 bits per heavy atom. The number of hydrogen-bond acceptors (Lipinski definition) is 6. The number of nitrogens with zero attached hydrogens (tertiary/aromatic N) is 1. The summed E-state index contributed by atoms with van der Waals surface area (Å²) in [7, 11) is 0. The predicted molar refractivity (Wildman–Crippen MR) is 81.0 cm³/mol. The maximum Gasteiger partial charge on any atom is 0.407 e. The molecule has 2 atom stereocenters. The average molecular weight is 326 g/mol. The van der Waals surface area contributed by atoms with Crippen LogP contribution in [0.4, 0.5) is 4.79 Å². The zero-order valence-electron chi connectivity index (χ0n) is 13.3. The molecule has 0 aromatic carbocycles. The van der Waals surface area contributed by atoms with Crippen molar-refractivity contribution in [2.45, 2.75) is 45.0 Å². The van der Waals surface area contributed by atoms with Crippen molar-refractivity contribution in [3.8, 4) is 0 Å². The number of carbonyl (C=O) groups is 2. The molecule has 0 radical (unpaired) electrons. The van der Waals surface area contributed by atoms with Gasteiger partial charge in [0.05, 0.1) is 11.8 Å². The second-order valence-electron chi connectivity index (χ2n) is 5.98. The lowest BCUT2D eigenvalue weighted by atomic mass is 10.1. The lowest BCUT2D eigenvalue weighted by molar-refractivity contribution is 0.00973. The van der Waals surface area contributed by atoms with Gasteiger partial charge in [-0.2, -0.15) is 0 Å². The quantitative estimate of drug-likeness (QED) is 0.615. The van der Waals surface area contributed by atoms with Gasteiger partial charge < -0.3 is 25.4 Å². The fraction of sp³-hybridized carbons (Fsp3) is 0.533. The smallest absolute Gasteiger partial charge is 0.407 e. The molecule has 4 N–H and O–H groups in total. The highest BCUT2D eigenvalue weighted by Crippen LogP contribution is 2.17. The number of aliphatic hydroxyl groups is 2. The molecule has 2 unspecified atom stereocenters. The number of hydrogen-bond donors (Lipinski definition) is 4. The van der Waals surface area contributed by atoms with Crippen molar-refractivity contribution >= 4 is 12.1 Å². The summed E-state index contributed by atoms with van der Waals surface area (Å²) >= 11 is 0. The van der Waals surface area contributed by atoms with Gasteiger partial charge in [-0.3, -0.25) is 0 Å². The molecular weight excluding hydrogens is 304 g/mol. The number of ether oxygens (including phenoxy) is 1. The van der Waals surface area contributed by atoms with Crippen molar-refractivity contribution in [1.29, 1.82) is 0 Å². The molecule has 1 aromatic heterocycles. The first-order valence-electron chi connectivity index (χ1n) is 7.13. The Hall–Kier alpha value is -2.19. The highest BCUT2D eigenvalue weighted by Gasteiger charge is 2.21. The molecule has 0 aliphatic carbocycles. The number of amides is 1. The maximum absolute atomic E-state index is 11.4. The summed E-state index contributed by atoms with van der Waals surface area (Å²) in [6.07, 6.45) is -3.12. The standard InChI is InChI=1S/C15H22N2O6/c1-15(2,3)23-14(22)16-8-7-11(18)12(19)9-5-4-6-10(17-9)13(20)21/h4-6,11-12,18-19H,7-8H2,1-3H3,(H,16,22)(H,20,21). The number of carbonyl (C=O) groups excluding carboxylic acids is 1. The molecule has 1 amide bonds. The van der Waals surface area contributed by atoms with Gasteiger partial charge in [-0.15, -0.1) is 0 Å². The Balaban J connectivity index is 2.51. The van der Waals surface area contributed by atoms with Crippen molar-refractivity contribution < 1.29 is 29.6 Å². The molecule has 0 fully saturated rings. The van der Waals surface area contributed by atoms with Gasteiger partial charge in [0.25, 0.3) is 0 Å². The number of pyridine rings is 1. The van der Waals surface area contributed by atoms with Crippen LogP contribution in [-0.4, -0.2) is 50.6 Å². The summed E-state index contributed by atoms with van der Waals surface area (Å²) in [5.74, 6) is -1.22. The van der Waals surface area contributed by atoms with Crippen LogP contribution in [0.5, 0.6) is 0 Å². The fourth-order valence-electron chi connectivity index (χ4n) is 1.73. The molecule has 0 saturated carbocycles. The average Bonchev–Trinajstić information content (AvgIpc) is 2.44. The number of aromatic carboxylic acids is 1. The molecule has 23 heavy (non-hydrogen) atoms. The zero-order valence-corrected chi connectivity index (χ0v) is 13.3. The first-order valence-corrected chi connectivity index (χ1v) is 7.13. The van der Waals surface area contributed by atoms with E-state index in [1.807, 2.05) is 0 Å². The third-order valence-corrected chi connectivity index (χ3v) is 2.77. The maximum atomic E-state index is 11.4. The Kier molecular flexibility index (Phi) is 6.47. The highest BCUT2D eigenvalue weighted by atomic mass is 16.6. The normalized spacial score (nSPS) is 14.0. The summed E-state index contributed by atoms with van der Waals surface area (Å²) in [6.45, 7) is 5.27. The summed E-state index contributed by atoms with van der Waals surface area (Å²) in [6, 6.07) is 4.14. The molecule has 0 saturated heterocycles. The largest absolute Gasteiger partial charge is 0.477 e. The van der Waals surface area contributed by atoms with Gasteiger partial charge in [0.1, 0.15) is 17.4 Å². The molecular formula is C15H22N2O6. The topological polar surface area (TPSA) is 129 Å². The van der Waals surface area contributed by atoms with Crippen molar-refractivity contribution in [2.24, 2.45) is 0 Å². The molecule has 128 valence electrons. The van der Waals surface area contributed by atoms with Gasteiger partial charge in [-0.25, -0.2) is 14.6 Å². The van der Waals surface area contributed by atoms with Crippen LogP contribution < -0.4 is 5.32 Å². The first-order chi connectivity index (χ1) is 10.6. The number of rotatable bonds is 6. The van der Waals surface area contributed by atoms with Crippen molar-refractivity contribution in [1.82, 2.24) is 10.3 Å². The van der Waals surface area contributed by atoms with E-state index in [4.69, 9.17) is 9.84 Å². The van der Waals surface area contributed by atoms with E-state index in [1.54, 1.807) is 20.8 Å². The van der Waals surface area contributed by atoms with Crippen LogP contribution in [0.2, 0.25) is 0 Å². The van der Waals surface area contributed by atoms with Crippen molar-refractivity contribution in [3.05, 3.63) is 29.6 Å². The number of aliphatic hydroxyl groups excluding tert-OH is 2. The first kappa shape index (κ1) is 18.9. The minimum Gasteiger partial charge on any atom is -0.477 e. The molecule has 0 bridgehead atoms. The van der Waals surface area contributed by atoms with E-state index in [1.165, 1.54) is 18.2 Å². The second-order valence-corrected chi connectivity index (χ2v) is 5.98. The monoisotopic (exact) mass is 326 g/mol. The van der Waals surface area contributed by atoms with Gasteiger partial charge in [-0.1, -0.05) is 6.07 Å². The SMILES string of the molecule is CC(C)(C)OC(=O)NCCC(O)C(O)c1cccc(C(=O)O)n1. The van der Waals surface area contributed by atoms with Crippen LogP contribution in [0.25, 0.3) is 0 Å². The van der Waals surface area contributed by atoms with E-state index < -0.39 is 29.9 Å². The number of alkyl carbamates (subject to hydrolysis) is 1. The minimum absolute atomic E-state index is 0.0506. The fourth-order valence-corrected chi connectivity index (χ4v) is 1.73. The van der Waals surface area contributed by atoms with Crippen LogP contribution in [0.15, 0.2) is 18.2 Å². The number of aromatic nitrogens is 1. The zero-order chi connectivity index (χ0) is 17.6. The molecule has 8 heteroatoms. The van der Waals surface area contributed by atoms with E-state index in [2.05, 4.69) is 10.3 Å². The number of nitrogens with one attached hydrogen (secondary N) is 1. The van der Waals surface area contributed by atoms with Gasteiger partial charge in [0, 0.05) is 6.54 Å². The molecule has 0 spiro atoms. The molecule has 1 heterocycles. The molecule has 1 aromatic rings. The Morgan fingerprint density at radius 3 is 2.52 bits per heavy atom. The molecule has 0 aliphatic rings. The third kappa shape index (κ3) is 6.62.